The largest absolute Gasteiger partial charge is 0.361 e. The topological polar surface area (TPSA) is 65.7 Å². The van der Waals surface area contributed by atoms with E-state index in [0.717, 1.165) is 55.3 Å². The van der Waals surface area contributed by atoms with Crippen molar-refractivity contribution in [2.75, 3.05) is 26.2 Å². The van der Waals surface area contributed by atoms with Crippen molar-refractivity contribution in [3.8, 4) is 0 Å². The number of hydrogen-bond acceptors (Lipinski definition) is 4. The van der Waals surface area contributed by atoms with Crippen LogP contribution in [0.3, 0.4) is 0 Å². The minimum Gasteiger partial charge on any atom is -0.361 e. The number of piperidine rings is 1. The van der Waals surface area contributed by atoms with Crippen LogP contribution >= 0.6 is 0 Å². The van der Waals surface area contributed by atoms with Crippen molar-refractivity contribution < 1.29 is 13.3 Å². The molecule has 3 rings (SSSR count). The van der Waals surface area contributed by atoms with Gasteiger partial charge in [-0.3, -0.25) is 9.89 Å². The number of aryl methyl sites for hydroxylation is 2. The molecule has 0 radical (unpaired) electrons. The molecule has 2 N–H and O–H groups in total. The van der Waals surface area contributed by atoms with E-state index in [-0.39, 0.29) is 18.2 Å². The molecule has 1 aliphatic rings. The first kappa shape index (κ1) is 22.2. The Morgan fingerprint density at radius 2 is 2.03 bits per heavy atom. The van der Waals surface area contributed by atoms with E-state index in [0.29, 0.717) is 13.1 Å². The lowest BCUT2D eigenvalue weighted by Crippen LogP contribution is -2.51. The van der Waals surface area contributed by atoms with Gasteiger partial charge in [0.1, 0.15) is 17.4 Å². The summed E-state index contributed by atoms with van der Waals surface area (Å²) in [4.78, 5) is 6.78. The molecule has 0 amide bonds. The second kappa shape index (κ2) is 10.5. The van der Waals surface area contributed by atoms with Crippen molar-refractivity contribution >= 4 is 5.96 Å². The minimum atomic E-state index is -0.487. The molecule has 1 aromatic carbocycles. The van der Waals surface area contributed by atoms with E-state index in [1.807, 2.05) is 20.8 Å². The third kappa shape index (κ3) is 5.78. The van der Waals surface area contributed by atoms with Gasteiger partial charge in [0.15, 0.2) is 5.96 Å². The molecule has 1 atom stereocenters. The molecule has 1 saturated heterocycles. The van der Waals surface area contributed by atoms with Crippen LogP contribution in [0.2, 0.25) is 0 Å². The van der Waals surface area contributed by atoms with Crippen molar-refractivity contribution in [1.82, 2.24) is 20.7 Å². The number of guanidine groups is 1. The molecular weight excluding hydrogens is 388 g/mol. The van der Waals surface area contributed by atoms with Gasteiger partial charge in [-0.15, -0.1) is 0 Å². The number of aliphatic imine (C=N–C) groups is 1. The van der Waals surface area contributed by atoms with Gasteiger partial charge in [-0.25, -0.2) is 8.78 Å². The maximum atomic E-state index is 14.0. The second-order valence-corrected chi connectivity index (χ2v) is 7.73. The van der Waals surface area contributed by atoms with Crippen LogP contribution in [0, 0.1) is 25.5 Å². The SMILES string of the molecule is CCNC(=NCCc1c(C)noc1C)NC1CCCN(Cc2c(F)cccc2F)C1. The number of hydrogen-bond donors (Lipinski definition) is 2. The Bertz CT molecular complexity index is 827. The Balaban J connectivity index is 1.58. The van der Waals surface area contributed by atoms with E-state index >= 15 is 0 Å². The van der Waals surface area contributed by atoms with Crippen molar-refractivity contribution in [3.63, 3.8) is 0 Å². The first-order valence-corrected chi connectivity index (χ1v) is 10.6. The number of nitrogens with zero attached hydrogens (tertiary/aromatic N) is 3. The molecular formula is C22H31F2N5O. The Labute approximate surface area is 176 Å². The average Bonchev–Trinajstić information content (AvgIpc) is 3.03. The molecule has 30 heavy (non-hydrogen) atoms. The summed E-state index contributed by atoms with van der Waals surface area (Å²) in [6.07, 6.45) is 2.72. The Morgan fingerprint density at radius 1 is 1.27 bits per heavy atom. The number of nitrogens with one attached hydrogen (secondary N) is 2. The zero-order valence-corrected chi connectivity index (χ0v) is 18.0. The fourth-order valence-electron chi connectivity index (χ4n) is 3.88. The van der Waals surface area contributed by atoms with Crippen LogP contribution in [0.15, 0.2) is 27.7 Å². The van der Waals surface area contributed by atoms with Crippen molar-refractivity contribution in [3.05, 3.63) is 52.4 Å². The Morgan fingerprint density at radius 3 is 2.70 bits per heavy atom. The summed E-state index contributed by atoms with van der Waals surface area (Å²) in [6, 6.07) is 4.20. The number of halogens is 2. The third-order valence-electron chi connectivity index (χ3n) is 5.45. The number of aromatic nitrogens is 1. The van der Waals surface area contributed by atoms with E-state index in [1.165, 1.54) is 18.2 Å². The van der Waals surface area contributed by atoms with Gasteiger partial charge in [-0.2, -0.15) is 0 Å². The Hall–Kier alpha value is -2.48. The van der Waals surface area contributed by atoms with Crippen LogP contribution in [-0.4, -0.2) is 48.2 Å². The van der Waals surface area contributed by atoms with Gasteiger partial charge in [0.2, 0.25) is 0 Å². The maximum Gasteiger partial charge on any atom is 0.191 e. The second-order valence-electron chi connectivity index (χ2n) is 7.73. The first-order valence-electron chi connectivity index (χ1n) is 10.6. The van der Waals surface area contributed by atoms with Gasteiger partial charge in [0.25, 0.3) is 0 Å². The monoisotopic (exact) mass is 419 g/mol. The molecule has 2 aromatic rings. The number of rotatable bonds is 7. The summed E-state index contributed by atoms with van der Waals surface area (Å²) in [7, 11) is 0. The Kier molecular flexibility index (Phi) is 7.79. The lowest BCUT2D eigenvalue weighted by Gasteiger charge is -2.34. The zero-order chi connectivity index (χ0) is 21.5. The van der Waals surface area contributed by atoms with Crippen LogP contribution in [0.1, 0.15) is 42.3 Å². The molecule has 1 fully saturated rings. The van der Waals surface area contributed by atoms with Gasteiger partial charge in [0, 0.05) is 43.3 Å². The molecule has 8 heteroatoms. The fraction of sp³-hybridized carbons (Fsp3) is 0.545. The first-order chi connectivity index (χ1) is 14.5. The highest BCUT2D eigenvalue weighted by Gasteiger charge is 2.22. The molecule has 6 nitrogen and oxygen atoms in total. The molecule has 1 aliphatic heterocycles. The smallest absolute Gasteiger partial charge is 0.191 e. The highest BCUT2D eigenvalue weighted by molar-refractivity contribution is 5.80. The lowest BCUT2D eigenvalue weighted by atomic mass is 10.0. The van der Waals surface area contributed by atoms with E-state index in [9.17, 15) is 8.78 Å². The average molecular weight is 420 g/mol. The van der Waals surface area contributed by atoms with Crippen molar-refractivity contribution in [1.29, 1.82) is 0 Å². The van der Waals surface area contributed by atoms with Gasteiger partial charge in [0.05, 0.1) is 5.69 Å². The van der Waals surface area contributed by atoms with E-state index in [4.69, 9.17) is 4.52 Å². The molecule has 0 saturated carbocycles. The highest BCUT2D eigenvalue weighted by Crippen LogP contribution is 2.18. The predicted octanol–water partition coefficient (Wildman–Crippen LogP) is 3.33. The summed E-state index contributed by atoms with van der Waals surface area (Å²) >= 11 is 0. The predicted molar refractivity (Wildman–Crippen MR) is 113 cm³/mol. The van der Waals surface area contributed by atoms with Crippen LogP contribution in [0.5, 0.6) is 0 Å². The lowest BCUT2D eigenvalue weighted by molar-refractivity contribution is 0.188. The summed E-state index contributed by atoms with van der Waals surface area (Å²) < 4.78 is 33.2. The van der Waals surface area contributed by atoms with Crippen LogP contribution < -0.4 is 10.6 Å². The molecule has 0 bridgehead atoms. The van der Waals surface area contributed by atoms with Crippen LogP contribution in [0.25, 0.3) is 0 Å². The van der Waals surface area contributed by atoms with E-state index in [2.05, 4.69) is 25.7 Å². The molecule has 1 aromatic heterocycles. The number of benzene rings is 1. The third-order valence-corrected chi connectivity index (χ3v) is 5.45. The van der Waals surface area contributed by atoms with E-state index < -0.39 is 11.6 Å². The summed E-state index contributed by atoms with van der Waals surface area (Å²) in [5, 5.41) is 10.8. The standard InChI is InChI=1S/C22H31F2N5O/c1-4-25-22(26-11-10-18-15(2)28-30-16(18)3)27-17-7-6-12-29(13-17)14-19-20(23)8-5-9-21(19)24/h5,8-9,17H,4,6-7,10-14H2,1-3H3,(H2,25,26,27). The van der Waals surface area contributed by atoms with E-state index in [1.54, 1.807) is 0 Å². The maximum absolute atomic E-state index is 14.0. The normalized spacial score (nSPS) is 17.9. The molecule has 0 aliphatic carbocycles. The molecule has 2 heterocycles. The molecule has 0 spiro atoms. The summed E-state index contributed by atoms with van der Waals surface area (Å²) in [5.41, 5.74) is 2.15. The van der Waals surface area contributed by atoms with Crippen molar-refractivity contribution in [2.45, 2.75) is 52.6 Å². The van der Waals surface area contributed by atoms with Crippen molar-refractivity contribution in [2.24, 2.45) is 4.99 Å². The van der Waals surface area contributed by atoms with Gasteiger partial charge >= 0.3 is 0 Å². The zero-order valence-electron chi connectivity index (χ0n) is 18.0. The number of likely N-dealkylation sites (tertiary alicyclic amines) is 1. The summed E-state index contributed by atoms with van der Waals surface area (Å²) in [6.45, 7) is 9.07. The van der Waals surface area contributed by atoms with Crippen LogP contribution in [-0.2, 0) is 13.0 Å². The van der Waals surface area contributed by atoms with Gasteiger partial charge in [-0.05, 0) is 58.7 Å². The molecule has 1 unspecified atom stereocenters. The van der Waals surface area contributed by atoms with Gasteiger partial charge in [-0.1, -0.05) is 11.2 Å². The minimum absolute atomic E-state index is 0.137. The van der Waals surface area contributed by atoms with Crippen LogP contribution in [0.4, 0.5) is 8.78 Å². The highest BCUT2D eigenvalue weighted by atomic mass is 19.1. The molecule has 164 valence electrons. The summed E-state index contributed by atoms with van der Waals surface area (Å²) in [5.74, 6) is 0.621. The quantitative estimate of drug-likeness (QED) is 0.532. The van der Waals surface area contributed by atoms with Gasteiger partial charge < -0.3 is 15.2 Å². The fourth-order valence-corrected chi connectivity index (χ4v) is 3.88.